The largest absolute Gasteiger partial charge is 0.505 e. The van der Waals surface area contributed by atoms with Gasteiger partial charge in [-0.15, -0.1) is 0 Å². The molecule has 1 N–H and O–H groups in total. The third-order valence-corrected chi connectivity index (χ3v) is 4.98. The molecule has 6 heteroatoms. The Morgan fingerprint density at radius 2 is 1.71 bits per heavy atom. The molecule has 0 spiro atoms. The van der Waals surface area contributed by atoms with E-state index in [0.717, 1.165) is 18.7 Å². The van der Waals surface area contributed by atoms with Gasteiger partial charge in [0.25, 0.3) is 0 Å². The first-order valence-electron chi connectivity index (χ1n) is 7.89. The Morgan fingerprint density at radius 3 is 2.42 bits per heavy atom. The van der Waals surface area contributed by atoms with Crippen molar-refractivity contribution in [1.29, 1.82) is 0 Å². The van der Waals surface area contributed by atoms with Crippen molar-refractivity contribution < 1.29 is 9.50 Å². The fraction of sp³-hybridized carbons (Fsp3) is 0.222. The van der Waals surface area contributed by atoms with E-state index in [-0.39, 0.29) is 5.75 Å². The number of hydrogen-bond donors (Lipinski definition) is 1. The summed E-state index contributed by atoms with van der Waals surface area (Å²) in [7, 11) is 0. The highest BCUT2D eigenvalue weighted by atomic mass is 32.1. The predicted octanol–water partition coefficient (Wildman–Crippen LogP) is 4.32. The molecule has 1 aromatic heterocycles. The maximum absolute atomic E-state index is 13.5. The molecule has 0 saturated carbocycles. The highest BCUT2D eigenvalue weighted by molar-refractivity contribution is 7.09. The van der Waals surface area contributed by atoms with Gasteiger partial charge in [-0.05, 0) is 66.8 Å². The van der Waals surface area contributed by atoms with E-state index >= 15 is 0 Å². The molecule has 24 heavy (non-hydrogen) atoms. The Balaban J connectivity index is 1.58. The lowest BCUT2D eigenvalue weighted by Gasteiger charge is -2.17. The van der Waals surface area contributed by atoms with E-state index in [2.05, 4.69) is 26.4 Å². The van der Waals surface area contributed by atoms with Gasteiger partial charge in [0.15, 0.2) is 17.4 Å². The molecule has 0 radical (unpaired) electrons. The summed E-state index contributed by atoms with van der Waals surface area (Å²) in [5.74, 6) is -0.378. The number of rotatable bonds is 3. The summed E-state index contributed by atoms with van der Waals surface area (Å²) in [5, 5.41) is 9.91. The molecule has 1 aliphatic heterocycles. The second-order valence-electron chi connectivity index (χ2n) is 5.83. The molecule has 0 atom stereocenters. The van der Waals surface area contributed by atoms with Crippen LogP contribution in [0.15, 0.2) is 42.5 Å². The molecular formula is C18H16FN3OS. The second kappa shape index (κ2) is 6.20. The van der Waals surface area contributed by atoms with Crippen molar-refractivity contribution in [2.75, 3.05) is 18.0 Å². The van der Waals surface area contributed by atoms with E-state index in [1.54, 1.807) is 6.07 Å². The maximum atomic E-state index is 13.5. The summed E-state index contributed by atoms with van der Waals surface area (Å²) in [6.07, 6.45) is 2.50. The number of phenolic OH excluding ortho intramolecular Hbond substituents is 1. The topological polar surface area (TPSA) is 49.3 Å². The Hall–Kier alpha value is -2.47. The number of aromatic hydroxyl groups is 1. The van der Waals surface area contributed by atoms with Gasteiger partial charge >= 0.3 is 0 Å². The normalized spacial score (nSPS) is 14.3. The van der Waals surface area contributed by atoms with Gasteiger partial charge in [0.05, 0.1) is 0 Å². The second-order valence-corrected chi connectivity index (χ2v) is 6.58. The van der Waals surface area contributed by atoms with Crippen LogP contribution in [0.5, 0.6) is 5.75 Å². The average Bonchev–Trinajstić information content (AvgIpc) is 3.29. The molecule has 1 saturated heterocycles. The molecule has 1 aliphatic rings. The van der Waals surface area contributed by atoms with E-state index in [9.17, 15) is 9.50 Å². The van der Waals surface area contributed by atoms with E-state index < -0.39 is 5.82 Å². The molecule has 0 amide bonds. The molecule has 122 valence electrons. The Kier molecular flexibility index (Phi) is 3.90. The molecule has 4 nitrogen and oxygen atoms in total. The molecule has 2 aromatic carbocycles. The number of hydrogen-bond acceptors (Lipinski definition) is 5. The fourth-order valence-electron chi connectivity index (χ4n) is 2.89. The highest BCUT2D eigenvalue weighted by Gasteiger charge is 2.14. The van der Waals surface area contributed by atoms with Crippen LogP contribution in [0.1, 0.15) is 12.8 Å². The number of anilines is 1. The summed E-state index contributed by atoms with van der Waals surface area (Å²) in [6.45, 7) is 2.23. The number of phenols is 1. The van der Waals surface area contributed by atoms with Crippen molar-refractivity contribution in [2.24, 2.45) is 0 Å². The van der Waals surface area contributed by atoms with Crippen molar-refractivity contribution >= 4 is 17.2 Å². The summed E-state index contributed by atoms with van der Waals surface area (Å²) >= 11 is 1.22. The average molecular weight is 341 g/mol. The maximum Gasteiger partial charge on any atom is 0.173 e. The van der Waals surface area contributed by atoms with Gasteiger partial charge in [-0.1, -0.05) is 0 Å². The quantitative estimate of drug-likeness (QED) is 0.771. The van der Waals surface area contributed by atoms with Crippen LogP contribution in [0.4, 0.5) is 10.1 Å². The van der Waals surface area contributed by atoms with Gasteiger partial charge in [-0.25, -0.2) is 9.37 Å². The van der Waals surface area contributed by atoms with E-state index in [1.807, 2.05) is 12.1 Å². The van der Waals surface area contributed by atoms with Crippen molar-refractivity contribution in [1.82, 2.24) is 9.36 Å². The molecule has 0 bridgehead atoms. The Labute approximate surface area is 143 Å². The number of aromatic nitrogens is 2. The summed E-state index contributed by atoms with van der Waals surface area (Å²) in [4.78, 5) is 6.87. The van der Waals surface area contributed by atoms with E-state index in [1.165, 1.54) is 42.2 Å². The van der Waals surface area contributed by atoms with Crippen LogP contribution in [0.3, 0.4) is 0 Å². The lowest BCUT2D eigenvalue weighted by Crippen LogP contribution is -2.17. The SMILES string of the molecule is Oc1ccc(-c2nc(-c3ccc(N4CCCC4)cc3)ns2)cc1F. The molecular weight excluding hydrogens is 325 g/mol. The third-order valence-electron chi connectivity index (χ3n) is 4.22. The molecule has 0 aliphatic carbocycles. The smallest absolute Gasteiger partial charge is 0.173 e. The number of nitrogens with zero attached hydrogens (tertiary/aromatic N) is 3. The lowest BCUT2D eigenvalue weighted by molar-refractivity contribution is 0.432. The summed E-state index contributed by atoms with van der Waals surface area (Å²) in [5.41, 5.74) is 2.79. The summed E-state index contributed by atoms with van der Waals surface area (Å²) < 4.78 is 17.9. The van der Waals surface area contributed by atoms with Crippen molar-refractivity contribution in [3.8, 4) is 27.7 Å². The van der Waals surface area contributed by atoms with Crippen LogP contribution >= 0.6 is 11.5 Å². The van der Waals surface area contributed by atoms with E-state index in [0.29, 0.717) is 16.4 Å². The molecule has 4 rings (SSSR count). The molecule has 0 unspecified atom stereocenters. The van der Waals surface area contributed by atoms with Gasteiger partial charge in [0, 0.05) is 29.9 Å². The summed E-state index contributed by atoms with van der Waals surface area (Å²) in [6, 6.07) is 12.5. The van der Waals surface area contributed by atoms with Gasteiger partial charge in [-0.3, -0.25) is 0 Å². The minimum Gasteiger partial charge on any atom is -0.505 e. The minimum absolute atomic E-state index is 0.360. The first-order valence-corrected chi connectivity index (χ1v) is 8.66. The van der Waals surface area contributed by atoms with Crippen LogP contribution in [-0.4, -0.2) is 27.6 Å². The highest BCUT2D eigenvalue weighted by Crippen LogP contribution is 2.30. The van der Waals surface area contributed by atoms with Crippen LogP contribution in [0.25, 0.3) is 22.0 Å². The van der Waals surface area contributed by atoms with Crippen LogP contribution in [-0.2, 0) is 0 Å². The first kappa shape index (κ1) is 15.1. The zero-order valence-corrected chi connectivity index (χ0v) is 13.8. The third kappa shape index (κ3) is 2.85. The van der Waals surface area contributed by atoms with Crippen molar-refractivity contribution in [2.45, 2.75) is 12.8 Å². The van der Waals surface area contributed by atoms with Crippen LogP contribution < -0.4 is 4.90 Å². The van der Waals surface area contributed by atoms with E-state index in [4.69, 9.17) is 0 Å². The van der Waals surface area contributed by atoms with Gasteiger partial charge in [0.2, 0.25) is 0 Å². The van der Waals surface area contributed by atoms with Crippen molar-refractivity contribution in [3.63, 3.8) is 0 Å². The fourth-order valence-corrected chi connectivity index (χ4v) is 3.57. The van der Waals surface area contributed by atoms with Crippen LogP contribution in [0, 0.1) is 5.82 Å². The zero-order chi connectivity index (χ0) is 16.5. The Bertz CT molecular complexity index is 857. The monoisotopic (exact) mass is 341 g/mol. The first-order chi connectivity index (χ1) is 11.7. The minimum atomic E-state index is -0.654. The Morgan fingerprint density at radius 1 is 1.00 bits per heavy atom. The van der Waals surface area contributed by atoms with Gasteiger partial charge < -0.3 is 10.0 Å². The molecule has 2 heterocycles. The number of benzene rings is 2. The predicted molar refractivity (Wildman–Crippen MR) is 93.9 cm³/mol. The molecule has 1 fully saturated rings. The molecule has 3 aromatic rings. The lowest BCUT2D eigenvalue weighted by atomic mass is 10.2. The zero-order valence-electron chi connectivity index (χ0n) is 12.9. The van der Waals surface area contributed by atoms with Crippen LogP contribution in [0.2, 0.25) is 0 Å². The van der Waals surface area contributed by atoms with Gasteiger partial charge in [0.1, 0.15) is 5.01 Å². The van der Waals surface area contributed by atoms with Gasteiger partial charge in [-0.2, -0.15) is 4.37 Å². The van der Waals surface area contributed by atoms with Crippen molar-refractivity contribution in [3.05, 3.63) is 48.3 Å². The standard InChI is InChI=1S/C18H16FN3OS/c19-15-11-13(5-8-16(15)23)18-20-17(21-24-18)12-3-6-14(7-4-12)22-9-1-2-10-22/h3-8,11,23H,1-2,9-10H2. The number of halogens is 1.